The predicted molar refractivity (Wildman–Crippen MR) is 155 cm³/mol. The second-order valence-corrected chi connectivity index (χ2v) is 11.1. The molecule has 0 aliphatic carbocycles. The Morgan fingerprint density at radius 1 is 0.902 bits per heavy atom. The van der Waals surface area contributed by atoms with E-state index in [0.29, 0.717) is 13.2 Å². The zero-order valence-corrected chi connectivity index (χ0v) is 26.0. The van der Waals surface area contributed by atoms with Gasteiger partial charge in [-0.1, -0.05) is 44.6 Å². The van der Waals surface area contributed by atoms with Crippen LogP contribution in [-0.4, -0.2) is 84.4 Å². The molecule has 2 heterocycles. The summed E-state index contributed by atoms with van der Waals surface area (Å²) >= 11 is 0. The zero-order chi connectivity index (χ0) is 30.0. The van der Waals surface area contributed by atoms with Gasteiger partial charge in [-0.25, -0.2) is 0 Å². The molecule has 232 valence electrons. The lowest BCUT2D eigenvalue weighted by Crippen LogP contribution is -2.68. The van der Waals surface area contributed by atoms with Crippen LogP contribution in [0.5, 0.6) is 5.75 Å². The number of rotatable bonds is 8. The van der Waals surface area contributed by atoms with Crippen LogP contribution in [-0.2, 0) is 44.6 Å². The Labute approximate surface area is 245 Å². The van der Waals surface area contributed by atoms with Gasteiger partial charge in [-0.3, -0.25) is 4.79 Å². The van der Waals surface area contributed by atoms with Gasteiger partial charge in [-0.15, -0.1) is 0 Å². The van der Waals surface area contributed by atoms with Crippen LogP contribution in [0.2, 0.25) is 0 Å². The van der Waals surface area contributed by atoms with Crippen molar-refractivity contribution in [2.24, 2.45) is 17.8 Å². The maximum atomic E-state index is 13.4. The summed E-state index contributed by atoms with van der Waals surface area (Å²) in [5.41, 5.74) is 0.988. The summed E-state index contributed by atoms with van der Waals surface area (Å²) in [6.45, 7) is 6.62. The molecule has 41 heavy (non-hydrogen) atoms. The maximum absolute atomic E-state index is 13.4. The smallest absolute Gasteiger partial charge is 0.314 e. The number of hydrogen-bond donors (Lipinski definition) is 0. The lowest BCUT2D eigenvalue weighted by atomic mass is 9.77. The topological polar surface area (TPSA) is 90.9 Å². The number of carbonyl (C=O) groups excluding carboxylic acids is 1. The predicted octanol–water partition coefficient (Wildman–Crippen LogP) is 4.95. The van der Waals surface area contributed by atoms with E-state index < -0.39 is 23.9 Å². The van der Waals surface area contributed by atoms with E-state index in [-0.39, 0.29) is 36.1 Å². The molecule has 0 aromatic heterocycles. The maximum Gasteiger partial charge on any atom is 0.314 e. The summed E-state index contributed by atoms with van der Waals surface area (Å²) in [6, 6.07) is 7.75. The lowest BCUT2D eigenvalue weighted by Gasteiger charge is -2.53. The summed E-state index contributed by atoms with van der Waals surface area (Å²) in [4.78, 5) is 13.4. The van der Waals surface area contributed by atoms with Crippen LogP contribution >= 0.6 is 0 Å². The van der Waals surface area contributed by atoms with Gasteiger partial charge < -0.3 is 37.9 Å². The average Bonchev–Trinajstić information content (AvgIpc) is 3.00. The van der Waals surface area contributed by atoms with Crippen molar-refractivity contribution in [1.29, 1.82) is 0 Å². The Bertz CT molecular complexity index is 951. The fourth-order valence-corrected chi connectivity index (χ4v) is 6.06. The highest BCUT2D eigenvalue weighted by atomic mass is 16.7. The second kappa shape index (κ2) is 16.0. The SMILES string of the molecule is COc1ccc(CO[C@H]2[C@@H](C)[C@H]3O[C@](OC)([C@H](C)C(=O)OCCCCCC(OC)[C@H](OC)/C=C/[C@@H]3C)[C@@H]2OC)cc1. The van der Waals surface area contributed by atoms with E-state index in [1.165, 1.54) is 0 Å². The summed E-state index contributed by atoms with van der Waals surface area (Å²) in [7, 11) is 8.20. The number of methoxy groups -OCH3 is 5. The molecular weight excluding hydrogens is 528 g/mol. The number of esters is 1. The number of benzene rings is 1. The van der Waals surface area contributed by atoms with Gasteiger partial charge in [-0.2, -0.15) is 0 Å². The van der Waals surface area contributed by atoms with E-state index in [1.54, 1.807) is 42.5 Å². The number of hydrogen-bond acceptors (Lipinski definition) is 9. The van der Waals surface area contributed by atoms with Gasteiger partial charge in [0.15, 0.2) is 0 Å². The third kappa shape index (κ3) is 7.89. The first-order valence-corrected chi connectivity index (χ1v) is 14.7. The standard InChI is InChI=1S/C32H50O9/c1-21-13-18-27(36-6)26(35-5)12-10-9-11-19-39-31(33)23(3)32(38-8)30(37-7)29(22(2)28(21)41-32)40-20-24-14-16-25(34-4)17-15-24/h13-18,21-23,26-30H,9-12,19-20H2,1-8H3/b18-13+/t21-,22-,23+,26?,27+,28-,29-,30+,32+/m0/s1. The van der Waals surface area contributed by atoms with Crippen molar-refractivity contribution in [3.8, 4) is 5.75 Å². The van der Waals surface area contributed by atoms with Gasteiger partial charge in [0.1, 0.15) is 23.9 Å². The molecule has 1 aromatic carbocycles. The van der Waals surface area contributed by atoms with Gasteiger partial charge in [0.2, 0.25) is 5.79 Å². The summed E-state index contributed by atoms with van der Waals surface area (Å²) in [5.74, 6) is -1.99. The van der Waals surface area contributed by atoms with E-state index in [1.807, 2.05) is 24.3 Å². The Kier molecular flexibility index (Phi) is 13.1. The molecule has 9 heteroatoms. The molecule has 0 spiro atoms. The molecule has 0 radical (unpaired) electrons. The molecule has 3 rings (SSSR count). The Morgan fingerprint density at radius 3 is 2.24 bits per heavy atom. The molecule has 9 nitrogen and oxygen atoms in total. The van der Waals surface area contributed by atoms with Crippen molar-refractivity contribution < 1.29 is 42.7 Å². The molecule has 0 amide bonds. The van der Waals surface area contributed by atoms with Crippen LogP contribution < -0.4 is 4.74 Å². The van der Waals surface area contributed by atoms with Crippen LogP contribution in [0.4, 0.5) is 0 Å². The normalized spacial score (nSPS) is 36.3. The Hall–Kier alpha value is -2.01. The van der Waals surface area contributed by atoms with E-state index in [2.05, 4.69) is 26.0 Å². The van der Waals surface area contributed by atoms with Gasteiger partial charge in [0.05, 0.1) is 38.6 Å². The van der Waals surface area contributed by atoms with E-state index in [0.717, 1.165) is 37.0 Å². The Morgan fingerprint density at radius 2 is 1.63 bits per heavy atom. The molecule has 1 aromatic rings. The second-order valence-electron chi connectivity index (χ2n) is 11.1. The van der Waals surface area contributed by atoms with E-state index in [9.17, 15) is 4.79 Å². The molecule has 0 saturated carbocycles. The first kappa shape index (κ1) is 33.5. The fourth-order valence-electron chi connectivity index (χ4n) is 6.06. The average molecular weight is 579 g/mol. The van der Waals surface area contributed by atoms with Gasteiger partial charge >= 0.3 is 5.97 Å². The van der Waals surface area contributed by atoms with E-state index >= 15 is 0 Å². The van der Waals surface area contributed by atoms with Crippen molar-refractivity contribution in [2.45, 2.75) is 89.4 Å². The third-order valence-electron chi connectivity index (χ3n) is 8.62. The van der Waals surface area contributed by atoms with Crippen LogP contribution in [0.1, 0.15) is 52.0 Å². The number of fused-ring (bicyclic) bond motifs is 2. The van der Waals surface area contributed by atoms with Gasteiger partial charge in [0, 0.05) is 40.3 Å². The quantitative estimate of drug-likeness (QED) is 0.314. The highest BCUT2D eigenvalue weighted by Crippen LogP contribution is 2.44. The summed E-state index contributed by atoms with van der Waals surface area (Å²) in [6.07, 6.45) is 5.82. The lowest BCUT2D eigenvalue weighted by molar-refractivity contribution is -0.373. The molecule has 0 N–H and O–H groups in total. The first-order valence-electron chi connectivity index (χ1n) is 14.7. The number of cyclic esters (lactones) is 1. The first-order chi connectivity index (χ1) is 19.8. The van der Waals surface area contributed by atoms with Crippen molar-refractivity contribution in [3.05, 3.63) is 42.0 Å². The fraction of sp³-hybridized carbons (Fsp3) is 0.719. The Balaban J connectivity index is 2.00. The van der Waals surface area contributed by atoms with E-state index in [4.69, 9.17) is 37.9 Å². The van der Waals surface area contributed by atoms with Crippen molar-refractivity contribution in [1.82, 2.24) is 0 Å². The third-order valence-corrected chi connectivity index (χ3v) is 8.62. The molecule has 9 atom stereocenters. The number of carbonyl (C=O) groups is 1. The molecule has 1 unspecified atom stereocenters. The molecule has 2 bridgehead atoms. The monoisotopic (exact) mass is 578 g/mol. The molecular formula is C32H50O9. The number of ether oxygens (including phenoxy) is 8. The van der Waals surface area contributed by atoms with Gasteiger partial charge in [-0.05, 0) is 43.9 Å². The van der Waals surface area contributed by atoms with Crippen molar-refractivity contribution in [3.63, 3.8) is 0 Å². The highest BCUT2D eigenvalue weighted by molar-refractivity contribution is 5.73. The van der Waals surface area contributed by atoms with Crippen LogP contribution in [0.15, 0.2) is 36.4 Å². The molecule has 2 aliphatic rings. The molecule has 1 saturated heterocycles. The summed E-state index contributed by atoms with van der Waals surface area (Å²) in [5, 5.41) is 0. The van der Waals surface area contributed by atoms with Crippen LogP contribution in [0.3, 0.4) is 0 Å². The summed E-state index contributed by atoms with van der Waals surface area (Å²) < 4.78 is 48.2. The van der Waals surface area contributed by atoms with Crippen molar-refractivity contribution >= 4 is 5.97 Å². The minimum Gasteiger partial charge on any atom is -0.497 e. The van der Waals surface area contributed by atoms with Gasteiger partial charge in [0.25, 0.3) is 0 Å². The minimum absolute atomic E-state index is 0.0734. The van der Waals surface area contributed by atoms with Crippen LogP contribution in [0, 0.1) is 17.8 Å². The minimum atomic E-state index is -1.43. The molecule has 1 fully saturated rings. The van der Waals surface area contributed by atoms with Crippen LogP contribution in [0.25, 0.3) is 0 Å². The zero-order valence-electron chi connectivity index (χ0n) is 26.0. The van der Waals surface area contributed by atoms with Crippen molar-refractivity contribution in [2.75, 3.05) is 42.2 Å². The largest absolute Gasteiger partial charge is 0.497 e. The highest BCUT2D eigenvalue weighted by Gasteiger charge is 2.60. The molecule has 2 aliphatic heterocycles.